The summed E-state index contributed by atoms with van der Waals surface area (Å²) < 4.78 is 0. The van der Waals surface area contributed by atoms with Gasteiger partial charge in [0.2, 0.25) is 5.91 Å². The fourth-order valence-corrected chi connectivity index (χ4v) is 5.34. The van der Waals surface area contributed by atoms with Gasteiger partial charge in [0.15, 0.2) is 0 Å². The minimum Gasteiger partial charge on any atom is -0.368 e. The van der Waals surface area contributed by atoms with Gasteiger partial charge in [-0.3, -0.25) is 4.79 Å². The van der Waals surface area contributed by atoms with Crippen LogP contribution in [0.15, 0.2) is 35.2 Å². The third kappa shape index (κ3) is 3.53. The van der Waals surface area contributed by atoms with Crippen molar-refractivity contribution in [3.05, 3.63) is 46.6 Å². The highest BCUT2D eigenvalue weighted by Crippen LogP contribution is 2.38. The third-order valence-electron chi connectivity index (χ3n) is 5.02. The Labute approximate surface area is 167 Å². The summed E-state index contributed by atoms with van der Waals surface area (Å²) in [6.45, 7) is 5.02. The molecule has 1 saturated heterocycles. The first-order valence-electron chi connectivity index (χ1n) is 9.05. The number of carbonyl (C=O) groups is 1. The average Bonchev–Trinajstić information content (AvgIpc) is 3.26. The summed E-state index contributed by atoms with van der Waals surface area (Å²) in [5.74, 6) is 2.08. The Morgan fingerprint density at radius 3 is 2.81 bits per heavy atom. The largest absolute Gasteiger partial charge is 0.368 e. The van der Waals surface area contributed by atoms with Crippen LogP contribution in [0.2, 0.25) is 0 Å². The Morgan fingerprint density at radius 2 is 2.07 bits per heavy atom. The van der Waals surface area contributed by atoms with Crippen LogP contribution in [0.1, 0.15) is 29.1 Å². The van der Waals surface area contributed by atoms with Gasteiger partial charge in [0.25, 0.3) is 0 Å². The number of fused-ring (bicyclic) bond motifs is 1. The molecule has 1 amide bonds. The molecule has 1 atom stereocenters. The summed E-state index contributed by atoms with van der Waals surface area (Å²) in [4.78, 5) is 27.2. The van der Waals surface area contributed by atoms with Gasteiger partial charge >= 0.3 is 0 Å². The van der Waals surface area contributed by atoms with E-state index in [1.807, 2.05) is 18.2 Å². The molecule has 0 saturated carbocycles. The molecular weight excluding hydrogens is 376 g/mol. The normalized spacial score (nSPS) is 17.0. The SMILES string of the molecule is Cc1sc2nc(CSc3ccccc3)nc(N3CCC[C@H]3C(N)=O)c2c1C. The molecule has 2 aromatic heterocycles. The quantitative estimate of drug-likeness (QED) is 0.656. The van der Waals surface area contributed by atoms with Crippen molar-refractivity contribution in [2.45, 2.75) is 43.4 Å². The second kappa shape index (κ2) is 7.48. The molecule has 0 bridgehead atoms. The number of benzene rings is 1. The van der Waals surface area contributed by atoms with Crippen LogP contribution >= 0.6 is 23.1 Å². The summed E-state index contributed by atoms with van der Waals surface area (Å²) in [5.41, 5.74) is 6.86. The van der Waals surface area contributed by atoms with Gasteiger partial charge in [-0.15, -0.1) is 23.1 Å². The molecule has 1 fully saturated rings. The Bertz CT molecular complexity index is 987. The Balaban J connectivity index is 1.75. The van der Waals surface area contributed by atoms with Crippen LogP contribution in [0, 0.1) is 13.8 Å². The van der Waals surface area contributed by atoms with Crippen LogP contribution < -0.4 is 10.6 Å². The van der Waals surface area contributed by atoms with E-state index in [-0.39, 0.29) is 11.9 Å². The van der Waals surface area contributed by atoms with Gasteiger partial charge in [-0.25, -0.2) is 9.97 Å². The lowest BCUT2D eigenvalue weighted by molar-refractivity contribution is -0.119. The summed E-state index contributed by atoms with van der Waals surface area (Å²) in [5, 5.41) is 1.07. The van der Waals surface area contributed by atoms with Gasteiger partial charge in [-0.1, -0.05) is 18.2 Å². The van der Waals surface area contributed by atoms with Gasteiger partial charge in [-0.2, -0.15) is 0 Å². The number of thiophene rings is 1. The number of anilines is 1. The monoisotopic (exact) mass is 398 g/mol. The fourth-order valence-electron chi connectivity index (χ4n) is 3.52. The number of primary amides is 1. The summed E-state index contributed by atoms with van der Waals surface area (Å²) in [6.07, 6.45) is 1.74. The Hall–Kier alpha value is -2.12. The predicted octanol–water partition coefficient (Wildman–Crippen LogP) is 4.05. The summed E-state index contributed by atoms with van der Waals surface area (Å²) >= 11 is 3.41. The first-order chi connectivity index (χ1) is 13.0. The van der Waals surface area contributed by atoms with Crippen molar-refractivity contribution in [3.8, 4) is 0 Å². The van der Waals surface area contributed by atoms with E-state index in [9.17, 15) is 4.79 Å². The first kappa shape index (κ1) is 18.3. The molecule has 2 N–H and O–H groups in total. The average molecular weight is 399 g/mol. The van der Waals surface area contributed by atoms with E-state index in [4.69, 9.17) is 15.7 Å². The molecule has 0 radical (unpaired) electrons. The molecular formula is C20H22N4OS2. The fraction of sp³-hybridized carbons (Fsp3) is 0.350. The van der Waals surface area contributed by atoms with Crippen molar-refractivity contribution in [2.24, 2.45) is 5.73 Å². The maximum Gasteiger partial charge on any atom is 0.240 e. The maximum absolute atomic E-state index is 11.9. The molecule has 0 aliphatic carbocycles. The van der Waals surface area contributed by atoms with Crippen molar-refractivity contribution < 1.29 is 4.79 Å². The summed E-state index contributed by atoms with van der Waals surface area (Å²) in [7, 11) is 0. The second-order valence-corrected chi connectivity index (χ2v) is 9.03. The van der Waals surface area contributed by atoms with E-state index in [1.165, 1.54) is 15.3 Å². The molecule has 140 valence electrons. The van der Waals surface area contributed by atoms with E-state index < -0.39 is 0 Å². The minimum atomic E-state index is -0.280. The molecule has 1 aliphatic rings. The lowest BCUT2D eigenvalue weighted by atomic mass is 10.1. The number of hydrogen-bond donors (Lipinski definition) is 1. The van der Waals surface area contributed by atoms with Crippen LogP contribution in [0.3, 0.4) is 0 Å². The van der Waals surface area contributed by atoms with E-state index in [1.54, 1.807) is 23.1 Å². The number of carbonyl (C=O) groups excluding carboxylic acids is 1. The zero-order valence-corrected chi connectivity index (χ0v) is 17.1. The number of hydrogen-bond acceptors (Lipinski definition) is 6. The first-order valence-corrected chi connectivity index (χ1v) is 10.8. The lowest BCUT2D eigenvalue weighted by Crippen LogP contribution is -2.41. The highest BCUT2D eigenvalue weighted by atomic mass is 32.2. The van der Waals surface area contributed by atoms with Crippen LogP contribution in [0.5, 0.6) is 0 Å². The molecule has 5 nitrogen and oxygen atoms in total. The van der Waals surface area contributed by atoms with E-state index >= 15 is 0 Å². The van der Waals surface area contributed by atoms with E-state index in [0.29, 0.717) is 5.75 Å². The molecule has 7 heteroatoms. The smallest absolute Gasteiger partial charge is 0.240 e. The minimum absolute atomic E-state index is 0.274. The lowest BCUT2D eigenvalue weighted by Gasteiger charge is -2.24. The molecule has 3 heterocycles. The highest BCUT2D eigenvalue weighted by Gasteiger charge is 2.32. The van der Waals surface area contributed by atoms with Crippen molar-refractivity contribution in [1.82, 2.24) is 9.97 Å². The van der Waals surface area contributed by atoms with Crippen molar-refractivity contribution in [2.75, 3.05) is 11.4 Å². The molecule has 0 unspecified atom stereocenters. The van der Waals surface area contributed by atoms with Gasteiger partial charge in [0, 0.05) is 16.3 Å². The van der Waals surface area contributed by atoms with Crippen LogP contribution in [0.4, 0.5) is 5.82 Å². The van der Waals surface area contributed by atoms with Crippen LogP contribution in [0.25, 0.3) is 10.2 Å². The van der Waals surface area contributed by atoms with Crippen LogP contribution in [-0.4, -0.2) is 28.5 Å². The highest BCUT2D eigenvalue weighted by molar-refractivity contribution is 7.98. The number of amides is 1. The Kier molecular flexibility index (Phi) is 5.06. The number of aromatic nitrogens is 2. The zero-order chi connectivity index (χ0) is 19.0. The number of aryl methyl sites for hydroxylation is 2. The van der Waals surface area contributed by atoms with Gasteiger partial charge in [-0.05, 0) is 44.4 Å². The molecule has 4 rings (SSSR count). The van der Waals surface area contributed by atoms with Gasteiger partial charge in [0.05, 0.1) is 11.1 Å². The Morgan fingerprint density at radius 1 is 1.30 bits per heavy atom. The van der Waals surface area contributed by atoms with Crippen molar-refractivity contribution >= 4 is 45.0 Å². The standard InChI is InChI=1S/C20H22N4OS2/c1-12-13(2)27-20-17(12)19(24-10-6-9-15(24)18(21)25)22-16(23-20)11-26-14-7-4-3-5-8-14/h3-5,7-8,15H,6,9-11H2,1-2H3,(H2,21,25)/t15-/m0/s1. The molecule has 0 spiro atoms. The molecule has 1 aromatic carbocycles. The second-order valence-electron chi connectivity index (χ2n) is 6.78. The van der Waals surface area contributed by atoms with E-state index in [0.717, 1.165) is 41.2 Å². The van der Waals surface area contributed by atoms with Gasteiger partial charge in [0.1, 0.15) is 22.5 Å². The number of nitrogens with two attached hydrogens (primary N) is 1. The molecule has 1 aliphatic heterocycles. The van der Waals surface area contributed by atoms with E-state index in [2.05, 4.69) is 30.9 Å². The topological polar surface area (TPSA) is 72.1 Å². The number of nitrogens with zero attached hydrogens (tertiary/aromatic N) is 3. The number of rotatable bonds is 5. The van der Waals surface area contributed by atoms with Crippen molar-refractivity contribution in [3.63, 3.8) is 0 Å². The maximum atomic E-state index is 11.9. The van der Waals surface area contributed by atoms with Crippen molar-refractivity contribution in [1.29, 1.82) is 0 Å². The van der Waals surface area contributed by atoms with Gasteiger partial charge < -0.3 is 10.6 Å². The third-order valence-corrected chi connectivity index (χ3v) is 7.13. The molecule has 27 heavy (non-hydrogen) atoms. The zero-order valence-electron chi connectivity index (χ0n) is 15.4. The predicted molar refractivity (Wildman–Crippen MR) is 112 cm³/mol. The summed E-state index contributed by atoms with van der Waals surface area (Å²) in [6, 6.07) is 9.98. The molecule has 3 aromatic rings. The number of thioether (sulfide) groups is 1. The van der Waals surface area contributed by atoms with Crippen LogP contribution in [-0.2, 0) is 10.5 Å².